The lowest BCUT2D eigenvalue weighted by atomic mass is 10.1. The monoisotopic (exact) mass is 215 g/mol. The summed E-state index contributed by atoms with van der Waals surface area (Å²) < 4.78 is 0. The fraction of sp³-hybridized carbons (Fsp3) is 0.778. The number of carbonyl (C=O) groups excluding carboxylic acids is 1. The van der Waals surface area contributed by atoms with Crippen LogP contribution in [0.1, 0.15) is 20.3 Å². The van der Waals surface area contributed by atoms with Crippen molar-refractivity contribution < 1.29 is 4.79 Å². The van der Waals surface area contributed by atoms with Crippen LogP contribution in [0.3, 0.4) is 0 Å². The number of hydrogen-bond acceptors (Lipinski definition) is 3. The average Bonchev–Trinajstić information content (AvgIpc) is 2.10. The van der Waals surface area contributed by atoms with Crippen molar-refractivity contribution in [3.63, 3.8) is 0 Å². The molecule has 1 aliphatic heterocycles. The maximum atomic E-state index is 10.5. The number of thioether (sulfide) groups is 1. The normalized spacial score (nSPS) is 30.0. The van der Waals surface area contributed by atoms with Crippen LogP contribution in [0.15, 0.2) is 4.99 Å². The summed E-state index contributed by atoms with van der Waals surface area (Å²) in [6.07, 6.45) is 0.329. The highest BCUT2D eigenvalue weighted by molar-refractivity contribution is 8.13. The molecule has 14 heavy (non-hydrogen) atoms. The number of carbonyl (C=O) groups is 1. The lowest BCUT2D eigenvalue weighted by molar-refractivity contribution is -0.117. The molecule has 4 nitrogen and oxygen atoms in total. The number of aliphatic imine (C=N–C) groups is 1. The first-order valence-electron chi connectivity index (χ1n) is 4.81. The molecule has 1 aliphatic rings. The Morgan fingerprint density at radius 2 is 2.43 bits per heavy atom. The van der Waals surface area contributed by atoms with Crippen molar-refractivity contribution in [2.75, 3.05) is 12.3 Å². The summed E-state index contributed by atoms with van der Waals surface area (Å²) in [4.78, 5) is 14.8. The van der Waals surface area contributed by atoms with Gasteiger partial charge >= 0.3 is 0 Å². The second-order valence-electron chi connectivity index (χ2n) is 3.62. The quantitative estimate of drug-likeness (QED) is 0.723. The Hall–Kier alpha value is -0.710. The smallest absolute Gasteiger partial charge is 0.219 e. The van der Waals surface area contributed by atoms with E-state index in [1.54, 1.807) is 11.8 Å². The van der Waals surface area contributed by atoms with E-state index >= 15 is 0 Å². The summed E-state index contributed by atoms with van der Waals surface area (Å²) in [6.45, 7) is 4.85. The molecule has 0 aromatic carbocycles. The van der Waals surface area contributed by atoms with Gasteiger partial charge < -0.3 is 11.1 Å². The molecular weight excluding hydrogens is 198 g/mol. The van der Waals surface area contributed by atoms with E-state index in [4.69, 9.17) is 5.73 Å². The van der Waals surface area contributed by atoms with Crippen LogP contribution >= 0.6 is 11.8 Å². The van der Waals surface area contributed by atoms with E-state index in [0.717, 1.165) is 10.9 Å². The number of primary amides is 1. The van der Waals surface area contributed by atoms with Gasteiger partial charge in [0.15, 0.2) is 5.17 Å². The van der Waals surface area contributed by atoms with Crippen LogP contribution in [-0.2, 0) is 4.79 Å². The first-order chi connectivity index (χ1) is 6.59. The second kappa shape index (κ2) is 5.24. The maximum Gasteiger partial charge on any atom is 0.219 e. The minimum atomic E-state index is -0.295. The van der Waals surface area contributed by atoms with Crippen molar-refractivity contribution in [2.45, 2.75) is 26.3 Å². The minimum Gasteiger partial charge on any atom is -0.370 e. The summed E-state index contributed by atoms with van der Waals surface area (Å²) in [6, 6.07) is 0.462. The van der Waals surface area contributed by atoms with Gasteiger partial charge in [0.25, 0.3) is 0 Å². The van der Waals surface area contributed by atoms with Crippen LogP contribution < -0.4 is 11.1 Å². The zero-order valence-corrected chi connectivity index (χ0v) is 9.43. The molecule has 0 aromatic heterocycles. The summed E-state index contributed by atoms with van der Waals surface area (Å²) in [5.41, 5.74) is 5.02. The van der Waals surface area contributed by atoms with Crippen molar-refractivity contribution in [1.29, 1.82) is 0 Å². The molecule has 1 amide bonds. The Labute approximate surface area is 88.7 Å². The van der Waals surface area contributed by atoms with E-state index in [1.807, 2.05) is 0 Å². The Balaban J connectivity index is 2.34. The lowest BCUT2D eigenvalue weighted by Gasteiger charge is -2.28. The Kier molecular flexibility index (Phi) is 4.25. The van der Waals surface area contributed by atoms with Crippen molar-refractivity contribution in [2.24, 2.45) is 16.6 Å². The SMILES string of the molecule is CC1CSC(=NCCC(N)=O)NC1C. The maximum absolute atomic E-state index is 10.5. The summed E-state index contributed by atoms with van der Waals surface area (Å²) in [5.74, 6) is 1.45. The molecule has 0 aromatic rings. The summed E-state index contributed by atoms with van der Waals surface area (Å²) >= 11 is 1.71. The predicted octanol–water partition coefficient (Wildman–Crippen LogP) is 0.579. The highest BCUT2D eigenvalue weighted by Crippen LogP contribution is 2.19. The van der Waals surface area contributed by atoms with Crippen molar-refractivity contribution in [1.82, 2.24) is 5.32 Å². The van der Waals surface area contributed by atoms with Gasteiger partial charge in [-0.25, -0.2) is 0 Å². The summed E-state index contributed by atoms with van der Waals surface area (Å²) in [7, 11) is 0. The number of nitrogens with one attached hydrogen (secondary N) is 1. The highest BCUT2D eigenvalue weighted by atomic mass is 32.2. The molecule has 80 valence electrons. The third-order valence-corrected chi connectivity index (χ3v) is 3.51. The van der Waals surface area contributed by atoms with Crippen molar-refractivity contribution in [3.8, 4) is 0 Å². The standard InChI is InChI=1S/C9H17N3OS/c1-6-5-14-9(12-7(6)2)11-4-3-8(10)13/h6-7H,3-5H2,1-2H3,(H2,10,13)(H,11,12). The molecule has 0 saturated carbocycles. The number of hydrogen-bond donors (Lipinski definition) is 2. The van der Waals surface area contributed by atoms with Gasteiger partial charge in [-0.3, -0.25) is 9.79 Å². The van der Waals surface area contributed by atoms with E-state index < -0.39 is 0 Å². The van der Waals surface area contributed by atoms with Crippen LogP contribution in [0.25, 0.3) is 0 Å². The molecule has 0 spiro atoms. The minimum absolute atomic E-state index is 0.295. The topological polar surface area (TPSA) is 67.5 Å². The van der Waals surface area contributed by atoms with Gasteiger partial charge in [0.2, 0.25) is 5.91 Å². The highest BCUT2D eigenvalue weighted by Gasteiger charge is 2.20. The first-order valence-corrected chi connectivity index (χ1v) is 5.80. The Morgan fingerprint density at radius 3 is 3.00 bits per heavy atom. The fourth-order valence-electron chi connectivity index (χ4n) is 1.09. The number of amidine groups is 1. The van der Waals surface area contributed by atoms with Crippen LogP contribution in [-0.4, -0.2) is 29.4 Å². The van der Waals surface area contributed by atoms with Crippen LogP contribution in [0.2, 0.25) is 0 Å². The molecule has 1 fully saturated rings. The molecule has 0 radical (unpaired) electrons. The molecule has 1 saturated heterocycles. The first kappa shape index (κ1) is 11.4. The third-order valence-electron chi connectivity index (χ3n) is 2.30. The third kappa shape index (κ3) is 3.57. The molecule has 5 heteroatoms. The fourth-order valence-corrected chi connectivity index (χ4v) is 2.25. The Bertz CT molecular complexity index is 242. The van der Waals surface area contributed by atoms with Crippen LogP contribution in [0.4, 0.5) is 0 Å². The predicted molar refractivity (Wildman–Crippen MR) is 60.3 cm³/mol. The van der Waals surface area contributed by atoms with E-state index in [9.17, 15) is 4.79 Å². The van der Waals surface area contributed by atoms with Crippen LogP contribution in [0.5, 0.6) is 0 Å². The molecule has 0 bridgehead atoms. The molecule has 1 heterocycles. The lowest BCUT2D eigenvalue weighted by Crippen LogP contribution is -2.41. The molecule has 2 atom stereocenters. The molecule has 0 aliphatic carbocycles. The van der Waals surface area contributed by atoms with Gasteiger partial charge in [0.1, 0.15) is 0 Å². The Morgan fingerprint density at radius 1 is 1.71 bits per heavy atom. The average molecular weight is 215 g/mol. The van der Waals surface area contributed by atoms with Gasteiger partial charge in [0.05, 0.1) is 6.54 Å². The largest absolute Gasteiger partial charge is 0.370 e. The number of amides is 1. The second-order valence-corrected chi connectivity index (χ2v) is 4.63. The zero-order valence-electron chi connectivity index (χ0n) is 8.62. The van der Waals surface area contributed by atoms with Gasteiger partial charge in [-0.15, -0.1) is 0 Å². The van der Waals surface area contributed by atoms with Crippen molar-refractivity contribution >= 4 is 22.8 Å². The zero-order chi connectivity index (χ0) is 10.6. The van der Waals surface area contributed by atoms with Crippen molar-refractivity contribution in [3.05, 3.63) is 0 Å². The molecule has 1 rings (SSSR count). The van der Waals surface area contributed by atoms with E-state index in [1.165, 1.54) is 0 Å². The van der Waals surface area contributed by atoms with Gasteiger partial charge in [-0.2, -0.15) is 0 Å². The van der Waals surface area contributed by atoms with E-state index in [-0.39, 0.29) is 5.91 Å². The summed E-state index contributed by atoms with van der Waals surface area (Å²) in [5, 5.41) is 4.24. The number of rotatable bonds is 3. The van der Waals surface area contributed by atoms with E-state index in [0.29, 0.717) is 24.9 Å². The van der Waals surface area contributed by atoms with Gasteiger partial charge in [-0.1, -0.05) is 18.7 Å². The molecule has 2 unspecified atom stereocenters. The van der Waals surface area contributed by atoms with Crippen LogP contribution in [0, 0.1) is 5.92 Å². The molecule has 3 N–H and O–H groups in total. The molecular formula is C9H17N3OS. The van der Waals surface area contributed by atoms with Gasteiger partial charge in [-0.05, 0) is 12.8 Å². The number of nitrogens with zero attached hydrogens (tertiary/aromatic N) is 1. The number of nitrogens with two attached hydrogens (primary N) is 1. The van der Waals surface area contributed by atoms with Gasteiger partial charge in [0, 0.05) is 18.2 Å². The van der Waals surface area contributed by atoms with E-state index in [2.05, 4.69) is 24.2 Å².